The highest BCUT2D eigenvalue weighted by atomic mass is 32.2. The van der Waals surface area contributed by atoms with Gasteiger partial charge in [0.1, 0.15) is 33.8 Å². The van der Waals surface area contributed by atoms with Gasteiger partial charge in [-0.15, -0.1) is 0 Å². The monoisotopic (exact) mass is 566 g/mol. The molecule has 40 heavy (non-hydrogen) atoms. The number of anilines is 1. The second-order valence-electron chi connectivity index (χ2n) is 9.74. The van der Waals surface area contributed by atoms with E-state index in [0.29, 0.717) is 19.0 Å². The van der Waals surface area contributed by atoms with E-state index in [1.54, 1.807) is 18.5 Å². The smallest absolute Gasteiger partial charge is 0.148 e. The van der Waals surface area contributed by atoms with Gasteiger partial charge in [-0.25, -0.2) is 18.5 Å². The van der Waals surface area contributed by atoms with Gasteiger partial charge in [-0.3, -0.25) is 4.84 Å². The first-order chi connectivity index (χ1) is 19.3. The SMILES string of the molecule is CON1C=C2NC=NC(Nc3ccc(OCc4ccccc4)cc3)=C2C=C1NCCCCN(C)CCS(C)(=O)=O. The summed E-state index contributed by atoms with van der Waals surface area (Å²) in [5, 5.41) is 11.7. The number of unbranched alkanes of at least 4 members (excludes halogenated alkanes) is 1. The summed E-state index contributed by atoms with van der Waals surface area (Å²) in [6.07, 6.45) is 8.67. The zero-order valence-electron chi connectivity index (χ0n) is 23.3. The number of aliphatic imine (C=N–C) groups is 1. The summed E-state index contributed by atoms with van der Waals surface area (Å²) in [4.78, 5) is 12.1. The van der Waals surface area contributed by atoms with Crippen LogP contribution in [0.2, 0.25) is 0 Å². The summed E-state index contributed by atoms with van der Waals surface area (Å²) in [5.41, 5.74) is 3.78. The maximum absolute atomic E-state index is 11.4. The molecule has 4 rings (SSSR count). The molecule has 10 nitrogen and oxygen atoms in total. The molecule has 0 bridgehead atoms. The number of hydrogen-bond donors (Lipinski definition) is 3. The van der Waals surface area contributed by atoms with E-state index >= 15 is 0 Å². The molecular weight excluding hydrogens is 528 g/mol. The van der Waals surface area contributed by atoms with Crippen molar-refractivity contribution in [3.63, 3.8) is 0 Å². The lowest BCUT2D eigenvalue weighted by Gasteiger charge is -2.30. The first-order valence-electron chi connectivity index (χ1n) is 13.3. The predicted molar refractivity (Wildman–Crippen MR) is 159 cm³/mol. The van der Waals surface area contributed by atoms with Crippen LogP contribution in [0.1, 0.15) is 18.4 Å². The molecular formula is C29H38N6O4S. The average molecular weight is 567 g/mol. The van der Waals surface area contributed by atoms with Gasteiger partial charge in [0.25, 0.3) is 0 Å². The lowest BCUT2D eigenvalue weighted by molar-refractivity contribution is -0.0641. The van der Waals surface area contributed by atoms with Gasteiger partial charge in [-0.2, -0.15) is 0 Å². The van der Waals surface area contributed by atoms with Crippen LogP contribution in [0.4, 0.5) is 5.69 Å². The summed E-state index contributed by atoms with van der Waals surface area (Å²) in [5.74, 6) is 2.49. The number of hydrogen-bond acceptors (Lipinski definition) is 10. The molecule has 0 spiro atoms. The third-order valence-corrected chi connectivity index (χ3v) is 7.33. The van der Waals surface area contributed by atoms with Gasteiger partial charge in [0.15, 0.2) is 0 Å². The zero-order valence-corrected chi connectivity index (χ0v) is 24.1. The number of rotatable bonds is 15. The summed E-state index contributed by atoms with van der Waals surface area (Å²) in [7, 11) is 0.626. The van der Waals surface area contributed by atoms with Crippen molar-refractivity contribution in [1.82, 2.24) is 20.6 Å². The molecule has 0 aromatic heterocycles. The third kappa shape index (κ3) is 8.87. The van der Waals surface area contributed by atoms with E-state index in [1.165, 1.54) is 6.26 Å². The minimum absolute atomic E-state index is 0.181. The Bertz CT molecular complexity index is 1350. The molecule has 214 valence electrons. The van der Waals surface area contributed by atoms with Crippen molar-refractivity contribution < 1.29 is 18.0 Å². The largest absolute Gasteiger partial charge is 0.489 e. The van der Waals surface area contributed by atoms with Crippen molar-refractivity contribution in [2.75, 3.05) is 51.1 Å². The van der Waals surface area contributed by atoms with E-state index in [4.69, 9.17) is 9.57 Å². The summed E-state index contributed by atoms with van der Waals surface area (Å²) >= 11 is 0. The molecule has 11 heteroatoms. The van der Waals surface area contributed by atoms with Crippen molar-refractivity contribution in [3.8, 4) is 5.75 Å². The molecule has 0 fully saturated rings. The molecule has 2 aliphatic heterocycles. The molecule has 0 radical (unpaired) electrons. The van der Waals surface area contributed by atoms with Crippen LogP contribution in [0.3, 0.4) is 0 Å². The minimum Gasteiger partial charge on any atom is -0.489 e. The third-order valence-electron chi connectivity index (χ3n) is 6.40. The molecule has 0 atom stereocenters. The van der Waals surface area contributed by atoms with Crippen LogP contribution in [-0.2, 0) is 21.3 Å². The molecule has 2 heterocycles. The maximum Gasteiger partial charge on any atom is 0.148 e. The van der Waals surface area contributed by atoms with Gasteiger partial charge in [-0.1, -0.05) is 30.3 Å². The Balaban J connectivity index is 1.33. The number of hydroxylamine groups is 2. The first-order valence-corrected chi connectivity index (χ1v) is 15.3. The molecule has 2 aromatic carbocycles. The van der Waals surface area contributed by atoms with Crippen LogP contribution in [0.5, 0.6) is 5.75 Å². The van der Waals surface area contributed by atoms with Crippen molar-refractivity contribution in [2.24, 2.45) is 4.99 Å². The van der Waals surface area contributed by atoms with Crippen molar-refractivity contribution in [1.29, 1.82) is 0 Å². The van der Waals surface area contributed by atoms with Crippen LogP contribution < -0.4 is 20.7 Å². The fourth-order valence-electron chi connectivity index (χ4n) is 4.13. The maximum atomic E-state index is 11.4. The Kier molecular flexibility index (Phi) is 10.2. The molecule has 3 N–H and O–H groups in total. The normalized spacial score (nSPS) is 14.8. The predicted octanol–water partition coefficient (Wildman–Crippen LogP) is 3.43. The number of nitrogens with zero attached hydrogens (tertiary/aromatic N) is 3. The van der Waals surface area contributed by atoms with E-state index in [0.717, 1.165) is 60.0 Å². The van der Waals surface area contributed by atoms with Crippen LogP contribution in [-0.4, -0.2) is 70.5 Å². The van der Waals surface area contributed by atoms with Gasteiger partial charge in [0.2, 0.25) is 0 Å². The van der Waals surface area contributed by atoms with Crippen molar-refractivity contribution in [2.45, 2.75) is 19.4 Å². The fraction of sp³-hybridized carbons (Fsp3) is 0.345. The number of benzene rings is 2. The van der Waals surface area contributed by atoms with E-state index in [-0.39, 0.29) is 5.75 Å². The highest BCUT2D eigenvalue weighted by Crippen LogP contribution is 2.27. The van der Waals surface area contributed by atoms with Crippen LogP contribution in [0.15, 0.2) is 94.8 Å². The minimum atomic E-state index is -2.94. The van der Waals surface area contributed by atoms with Crippen LogP contribution in [0.25, 0.3) is 0 Å². The lowest BCUT2D eigenvalue weighted by atomic mass is 10.1. The van der Waals surface area contributed by atoms with Crippen molar-refractivity contribution >= 4 is 21.9 Å². The molecule has 0 aliphatic carbocycles. The highest BCUT2D eigenvalue weighted by molar-refractivity contribution is 7.90. The summed E-state index contributed by atoms with van der Waals surface area (Å²) in [6, 6.07) is 17.9. The van der Waals surface area contributed by atoms with Crippen LogP contribution in [0, 0.1) is 0 Å². The number of sulfone groups is 1. The number of fused-ring (bicyclic) bond motifs is 1. The highest BCUT2D eigenvalue weighted by Gasteiger charge is 2.22. The average Bonchev–Trinajstić information content (AvgIpc) is 2.95. The number of nitrogens with one attached hydrogen (secondary N) is 3. The molecule has 0 saturated carbocycles. The van der Waals surface area contributed by atoms with E-state index in [2.05, 4.69) is 20.9 Å². The van der Waals surface area contributed by atoms with E-state index < -0.39 is 9.84 Å². The number of allylic oxidation sites excluding steroid dienone is 1. The second kappa shape index (κ2) is 14.0. The Morgan fingerprint density at radius 2 is 1.82 bits per heavy atom. The van der Waals surface area contributed by atoms with Gasteiger partial charge in [0, 0.05) is 30.6 Å². The quantitative estimate of drug-likeness (QED) is 0.280. The van der Waals surface area contributed by atoms with E-state index in [9.17, 15) is 8.42 Å². The van der Waals surface area contributed by atoms with E-state index in [1.807, 2.05) is 78.8 Å². The summed E-state index contributed by atoms with van der Waals surface area (Å²) in [6.45, 7) is 2.64. The van der Waals surface area contributed by atoms with Gasteiger partial charge in [-0.05, 0) is 62.3 Å². The Morgan fingerprint density at radius 3 is 2.55 bits per heavy atom. The first kappa shape index (κ1) is 29.2. The molecule has 2 aromatic rings. The standard InChI is InChI=1S/C29H38N6O4S/c1-34(17-18-40(3,36)37)16-8-7-15-30-28-19-26-27(20-35(28)38-2)31-22-32-29(26)33-24-11-13-25(14-12-24)39-21-23-9-5-4-6-10-23/h4-6,9-14,19-20,22,30,33H,7-8,15-18,21H2,1-3H3,(H,31,32). The van der Waals surface area contributed by atoms with Gasteiger partial charge < -0.3 is 25.6 Å². The second-order valence-corrected chi connectivity index (χ2v) is 12.0. The topological polar surface area (TPSA) is 108 Å². The molecule has 2 aliphatic rings. The Hall–Kier alpha value is -3.80. The fourth-order valence-corrected chi connectivity index (χ4v) is 4.77. The molecule has 0 amide bonds. The summed E-state index contributed by atoms with van der Waals surface area (Å²) < 4.78 is 28.6. The Labute approximate surface area is 236 Å². The Morgan fingerprint density at radius 1 is 1.05 bits per heavy atom. The van der Waals surface area contributed by atoms with Crippen LogP contribution >= 0.6 is 0 Å². The van der Waals surface area contributed by atoms with Crippen molar-refractivity contribution in [3.05, 3.63) is 95.3 Å². The number of ether oxygens (including phenoxy) is 1. The zero-order chi connectivity index (χ0) is 28.4. The molecule has 0 saturated heterocycles. The molecule has 0 unspecified atom stereocenters. The van der Waals surface area contributed by atoms with Gasteiger partial charge in [0.05, 0.1) is 31.1 Å². The lowest BCUT2D eigenvalue weighted by Crippen LogP contribution is -2.34. The van der Waals surface area contributed by atoms with Gasteiger partial charge >= 0.3 is 0 Å².